The average molecular weight is 438 g/mol. The van der Waals surface area contributed by atoms with Crippen LogP contribution >= 0.6 is 0 Å². The van der Waals surface area contributed by atoms with Crippen molar-refractivity contribution in [2.45, 2.75) is 25.4 Å². The van der Waals surface area contributed by atoms with Crippen LogP contribution in [0.2, 0.25) is 0 Å². The van der Waals surface area contributed by atoms with E-state index in [-0.39, 0.29) is 16.7 Å². The first-order chi connectivity index (χ1) is 14.3. The molecule has 3 aromatic carbocycles. The van der Waals surface area contributed by atoms with Crippen molar-refractivity contribution in [2.24, 2.45) is 0 Å². The number of benzene rings is 3. The van der Waals surface area contributed by atoms with Gasteiger partial charge in [0.25, 0.3) is 0 Å². The molecule has 0 atom stereocenters. The van der Waals surface area contributed by atoms with Gasteiger partial charge in [0.15, 0.2) is 23.1 Å². The average Bonchev–Trinajstić information content (AvgIpc) is 2.68. The fourth-order valence-corrected chi connectivity index (χ4v) is 3.62. The minimum atomic E-state index is -4.79. The lowest BCUT2D eigenvalue weighted by Gasteiger charge is -2.35. The van der Waals surface area contributed by atoms with Gasteiger partial charge in [0.2, 0.25) is 0 Å². The topological polar surface area (TPSA) is 92.5 Å². The Balaban J connectivity index is 2.48. The molecule has 0 aliphatic carbocycles. The molecular weight excluding hydrogens is 419 g/mol. The molecule has 0 fully saturated rings. The second-order valence-corrected chi connectivity index (χ2v) is 7.46. The molecule has 0 amide bonds. The zero-order valence-corrected chi connectivity index (χ0v) is 16.5. The number of phenols is 2. The van der Waals surface area contributed by atoms with E-state index < -0.39 is 51.7 Å². The lowest BCUT2D eigenvalue weighted by molar-refractivity contribution is -0.138. The van der Waals surface area contributed by atoms with Gasteiger partial charge in [-0.3, -0.25) is 0 Å². The summed E-state index contributed by atoms with van der Waals surface area (Å²) in [6.07, 6.45) is -4.79. The SMILES string of the molecule is Cc1ccc(C(C)(c2cc(N)c(O)c(F)c2)c2cc(N)c(O)c(F)c2)c(C(F)(F)F)c1. The van der Waals surface area contributed by atoms with E-state index in [0.29, 0.717) is 5.56 Å². The molecular formula is C22H19F5N2O2. The van der Waals surface area contributed by atoms with Gasteiger partial charge in [0.05, 0.1) is 16.9 Å². The summed E-state index contributed by atoms with van der Waals surface area (Å²) < 4.78 is 70.5. The van der Waals surface area contributed by atoms with Gasteiger partial charge < -0.3 is 21.7 Å². The summed E-state index contributed by atoms with van der Waals surface area (Å²) in [6.45, 7) is 2.80. The van der Waals surface area contributed by atoms with Gasteiger partial charge in [0.1, 0.15) is 0 Å². The predicted molar refractivity (Wildman–Crippen MR) is 107 cm³/mol. The summed E-state index contributed by atoms with van der Waals surface area (Å²) in [5.74, 6) is -4.03. The Morgan fingerprint density at radius 2 is 1.19 bits per heavy atom. The van der Waals surface area contributed by atoms with Crippen LogP contribution in [-0.2, 0) is 11.6 Å². The van der Waals surface area contributed by atoms with E-state index in [1.807, 2.05) is 0 Å². The quantitative estimate of drug-likeness (QED) is 0.195. The van der Waals surface area contributed by atoms with Crippen molar-refractivity contribution >= 4 is 11.4 Å². The summed E-state index contributed by atoms with van der Waals surface area (Å²) in [4.78, 5) is 0. The number of aryl methyl sites for hydroxylation is 1. The van der Waals surface area contributed by atoms with Crippen LogP contribution in [0, 0.1) is 18.6 Å². The number of nitrogen functional groups attached to an aromatic ring is 2. The molecule has 0 saturated heterocycles. The van der Waals surface area contributed by atoms with Crippen LogP contribution in [0.3, 0.4) is 0 Å². The van der Waals surface area contributed by atoms with E-state index >= 15 is 0 Å². The summed E-state index contributed by atoms with van der Waals surface area (Å²) in [5, 5.41) is 19.4. The largest absolute Gasteiger partial charge is 0.503 e. The van der Waals surface area contributed by atoms with Crippen molar-refractivity contribution in [1.29, 1.82) is 0 Å². The Labute approximate surface area is 174 Å². The molecule has 164 valence electrons. The molecule has 0 saturated carbocycles. The van der Waals surface area contributed by atoms with Gasteiger partial charge >= 0.3 is 6.18 Å². The maximum atomic E-state index is 14.3. The van der Waals surface area contributed by atoms with Gasteiger partial charge in [-0.25, -0.2) is 8.78 Å². The molecule has 0 radical (unpaired) electrons. The maximum Gasteiger partial charge on any atom is 0.416 e. The summed E-state index contributed by atoms with van der Waals surface area (Å²) in [5.41, 5.74) is 7.50. The Morgan fingerprint density at radius 3 is 1.58 bits per heavy atom. The molecule has 0 aliphatic heterocycles. The second kappa shape index (κ2) is 7.33. The number of phenolic OH excluding ortho intramolecular Hbond substituents is 2. The van der Waals surface area contributed by atoms with Crippen LogP contribution in [0.1, 0.15) is 34.7 Å². The van der Waals surface area contributed by atoms with E-state index in [0.717, 1.165) is 30.3 Å². The molecule has 0 spiro atoms. The van der Waals surface area contributed by atoms with Crippen LogP contribution in [0.4, 0.5) is 33.3 Å². The molecule has 6 N–H and O–H groups in total. The minimum Gasteiger partial charge on any atom is -0.503 e. The summed E-state index contributed by atoms with van der Waals surface area (Å²) in [7, 11) is 0. The highest BCUT2D eigenvalue weighted by molar-refractivity contribution is 5.64. The first kappa shape index (κ1) is 22.2. The van der Waals surface area contributed by atoms with E-state index in [9.17, 15) is 32.2 Å². The Kier molecular flexibility index (Phi) is 5.25. The summed E-state index contributed by atoms with van der Waals surface area (Å²) >= 11 is 0. The smallest absolute Gasteiger partial charge is 0.416 e. The van der Waals surface area contributed by atoms with Crippen molar-refractivity contribution in [3.05, 3.63) is 81.9 Å². The maximum absolute atomic E-state index is 14.3. The molecule has 4 nitrogen and oxygen atoms in total. The van der Waals surface area contributed by atoms with Crippen molar-refractivity contribution in [2.75, 3.05) is 11.5 Å². The van der Waals surface area contributed by atoms with Crippen LogP contribution < -0.4 is 11.5 Å². The molecule has 0 aliphatic rings. The van der Waals surface area contributed by atoms with Crippen LogP contribution in [-0.4, -0.2) is 10.2 Å². The van der Waals surface area contributed by atoms with E-state index in [2.05, 4.69) is 0 Å². The standard InChI is InChI=1S/C22H19F5N2O2/c1-10-3-4-13(14(5-10)22(25,26)27)21(2,11-6-15(23)19(30)17(28)8-11)12-7-16(24)20(31)18(29)9-12/h3-9,30-31H,28-29H2,1-2H3. The van der Waals surface area contributed by atoms with E-state index in [1.165, 1.54) is 26.0 Å². The zero-order valence-electron chi connectivity index (χ0n) is 16.5. The monoisotopic (exact) mass is 438 g/mol. The molecule has 31 heavy (non-hydrogen) atoms. The lowest BCUT2D eigenvalue weighted by Crippen LogP contribution is -2.29. The molecule has 0 heterocycles. The number of halogens is 5. The van der Waals surface area contributed by atoms with Gasteiger partial charge in [-0.05, 0) is 60.9 Å². The highest BCUT2D eigenvalue weighted by atomic mass is 19.4. The molecule has 9 heteroatoms. The number of anilines is 2. The first-order valence-electron chi connectivity index (χ1n) is 9.02. The third-order valence-corrected chi connectivity index (χ3v) is 5.36. The van der Waals surface area contributed by atoms with Crippen LogP contribution in [0.25, 0.3) is 0 Å². The molecule has 3 rings (SSSR count). The molecule has 0 bridgehead atoms. The second-order valence-electron chi connectivity index (χ2n) is 7.46. The zero-order chi connectivity index (χ0) is 23.3. The third-order valence-electron chi connectivity index (χ3n) is 5.36. The molecule has 0 aromatic heterocycles. The van der Waals surface area contributed by atoms with E-state index in [1.54, 1.807) is 0 Å². The Hall–Kier alpha value is -3.49. The van der Waals surface area contributed by atoms with Gasteiger partial charge in [0, 0.05) is 5.41 Å². The number of hydrogen-bond acceptors (Lipinski definition) is 4. The van der Waals surface area contributed by atoms with Gasteiger partial charge in [-0.1, -0.05) is 17.7 Å². The van der Waals surface area contributed by atoms with Crippen LogP contribution in [0.5, 0.6) is 11.5 Å². The summed E-state index contributed by atoms with van der Waals surface area (Å²) in [6, 6.07) is 7.44. The van der Waals surface area contributed by atoms with Crippen molar-refractivity contribution < 1.29 is 32.2 Å². The Bertz CT molecular complexity index is 1070. The molecule has 0 unspecified atom stereocenters. The highest BCUT2D eigenvalue weighted by Gasteiger charge is 2.42. The van der Waals surface area contributed by atoms with Crippen molar-refractivity contribution in [3.63, 3.8) is 0 Å². The van der Waals surface area contributed by atoms with Gasteiger partial charge in [-0.2, -0.15) is 13.2 Å². The predicted octanol–water partition coefficient (Wildman–Crippen LogP) is 5.22. The van der Waals surface area contributed by atoms with Crippen molar-refractivity contribution in [1.82, 2.24) is 0 Å². The lowest BCUT2D eigenvalue weighted by atomic mass is 9.69. The number of aromatic hydroxyl groups is 2. The van der Waals surface area contributed by atoms with Crippen molar-refractivity contribution in [3.8, 4) is 11.5 Å². The Morgan fingerprint density at radius 1 is 0.742 bits per heavy atom. The minimum absolute atomic E-state index is 0.0841. The number of hydrogen-bond donors (Lipinski definition) is 4. The normalized spacial score (nSPS) is 12.2. The number of rotatable bonds is 3. The fourth-order valence-electron chi connectivity index (χ4n) is 3.62. The van der Waals surface area contributed by atoms with Crippen LogP contribution in [0.15, 0.2) is 42.5 Å². The fraction of sp³-hybridized carbons (Fsp3) is 0.182. The number of alkyl halides is 3. The first-order valence-corrected chi connectivity index (χ1v) is 9.02. The number of nitrogens with two attached hydrogens (primary N) is 2. The highest BCUT2D eigenvalue weighted by Crippen LogP contribution is 2.47. The molecule has 3 aromatic rings. The van der Waals surface area contributed by atoms with Gasteiger partial charge in [-0.15, -0.1) is 0 Å². The van der Waals surface area contributed by atoms with E-state index in [4.69, 9.17) is 11.5 Å². The third kappa shape index (κ3) is 3.71.